The Labute approximate surface area is 117 Å². The Hall–Kier alpha value is -1.33. The highest BCUT2D eigenvalue weighted by atomic mass is 35.5. The molecule has 1 aliphatic heterocycles. The largest absolute Gasteiger partial charge is 0.381 e. The van der Waals surface area contributed by atoms with Crippen LogP contribution in [0.2, 0.25) is 5.15 Å². The van der Waals surface area contributed by atoms with E-state index in [-0.39, 0.29) is 5.91 Å². The van der Waals surface area contributed by atoms with Gasteiger partial charge in [-0.25, -0.2) is 4.98 Å². The van der Waals surface area contributed by atoms with Gasteiger partial charge in [0.15, 0.2) is 0 Å². The predicted octanol–water partition coefficient (Wildman–Crippen LogP) is 1.93. The standard InChI is InChI=1S/C13H18ClN3O2/c1-2-15-12-6-10(5-11(14)17-12)13(18)16-7-9-3-4-19-8-9/h5-6,9H,2-4,7-8H2,1H3,(H,15,17)(H,16,18). The Kier molecular flexibility index (Phi) is 4.99. The maximum absolute atomic E-state index is 12.0. The van der Waals surface area contributed by atoms with Crippen LogP contribution in [-0.4, -0.2) is 37.2 Å². The minimum atomic E-state index is -0.129. The summed E-state index contributed by atoms with van der Waals surface area (Å²) < 4.78 is 5.27. The molecule has 1 atom stereocenters. The molecule has 6 heteroatoms. The minimum Gasteiger partial charge on any atom is -0.381 e. The Morgan fingerprint density at radius 2 is 2.42 bits per heavy atom. The topological polar surface area (TPSA) is 63.2 Å². The highest BCUT2D eigenvalue weighted by Gasteiger charge is 2.17. The quantitative estimate of drug-likeness (QED) is 0.811. The van der Waals surface area contributed by atoms with E-state index in [1.165, 1.54) is 0 Å². The predicted molar refractivity (Wildman–Crippen MR) is 74.7 cm³/mol. The van der Waals surface area contributed by atoms with Crippen molar-refractivity contribution >= 4 is 23.3 Å². The first-order chi connectivity index (χ1) is 9.19. The Balaban J connectivity index is 1.97. The summed E-state index contributed by atoms with van der Waals surface area (Å²) in [6, 6.07) is 3.28. The molecule has 104 valence electrons. The number of carbonyl (C=O) groups excluding carboxylic acids is 1. The number of halogens is 1. The molecule has 0 spiro atoms. The van der Waals surface area contributed by atoms with Crippen molar-refractivity contribution in [3.05, 3.63) is 22.8 Å². The normalized spacial score (nSPS) is 18.3. The van der Waals surface area contributed by atoms with E-state index < -0.39 is 0 Å². The summed E-state index contributed by atoms with van der Waals surface area (Å²) in [5.74, 6) is 0.897. The van der Waals surface area contributed by atoms with Gasteiger partial charge in [-0.15, -0.1) is 0 Å². The number of hydrogen-bond donors (Lipinski definition) is 2. The molecule has 1 saturated heterocycles. The lowest BCUT2D eigenvalue weighted by Crippen LogP contribution is -2.29. The van der Waals surface area contributed by atoms with Crippen molar-refractivity contribution in [3.63, 3.8) is 0 Å². The molecule has 2 N–H and O–H groups in total. The maximum Gasteiger partial charge on any atom is 0.251 e. The van der Waals surface area contributed by atoms with Gasteiger partial charge in [0.1, 0.15) is 11.0 Å². The van der Waals surface area contributed by atoms with Gasteiger partial charge in [0.25, 0.3) is 5.91 Å². The summed E-state index contributed by atoms with van der Waals surface area (Å²) in [6.45, 7) is 4.83. The van der Waals surface area contributed by atoms with Crippen LogP contribution < -0.4 is 10.6 Å². The number of nitrogens with zero attached hydrogens (tertiary/aromatic N) is 1. The van der Waals surface area contributed by atoms with Crippen molar-refractivity contribution < 1.29 is 9.53 Å². The average Bonchev–Trinajstić information content (AvgIpc) is 2.88. The highest BCUT2D eigenvalue weighted by molar-refractivity contribution is 6.29. The first kappa shape index (κ1) is 14.1. The van der Waals surface area contributed by atoms with Crippen LogP contribution in [0.4, 0.5) is 5.82 Å². The lowest BCUT2D eigenvalue weighted by Gasteiger charge is -2.10. The van der Waals surface area contributed by atoms with Crippen LogP contribution in [-0.2, 0) is 4.74 Å². The van der Waals surface area contributed by atoms with Gasteiger partial charge in [-0.2, -0.15) is 0 Å². The molecule has 19 heavy (non-hydrogen) atoms. The molecule has 1 fully saturated rings. The molecule has 1 aliphatic rings. The van der Waals surface area contributed by atoms with Gasteiger partial charge in [-0.3, -0.25) is 4.79 Å². The Morgan fingerprint density at radius 3 is 3.11 bits per heavy atom. The van der Waals surface area contributed by atoms with Crippen molar-refractivity contribution in [2.45, 2.75) is 13.3 Å². The average molecular weight is 284 g/mol. The van der Waals surface area contributed by atoms with E-state index in [1.54, 1.807) is 12.1 Å². The zero-order valence-electron chi connectivity index (χ0n) is 10.9. The van der Waals surface area contributed by atoms with E-state index in [1.807, 2.05) is 6.92 Å². The molecule has 0 radical (unpaired) electrons. The van der Waals surface area contributed by atoms with Gasteiger partial charge in [0.2, 0.25) is 0 Å². The summed E-state index contributed by atoms with van der Waals surface area (Å²) in [6.07, 6.45) is 1.00. The molecular weight excluding hydrogens is 266 g/mol. The summed E-state index contributed by atoms with van der Waals surface area (Å²) in [5.41, 5.74) is 0.523. The van der Waals surface area contributed by atoms with Gasteiger partial charge in [-0.1, -0.05) is 11.6 Å². The monoisotopic (exact) mass is 283 g/mol. The van der Waals surface area contributed by atoms with Crippen LogP contribution in [0, 0.1) is 5.92 Å². The van der Waals surface area contributed by atoms with Gasteiger partial charge < -0.3 is 15.4 Å². The third kappa shape index (κ3) is 4.08. The maximum atomic E-state index is 12.0. The molecule has 5 nitrogen and oxygen atoms in total. The molecule has 0 aliphatic carbocycles. The van der Waals surface area contributed by atoms with Crippen molar-refractivity contribution in [1.29, 1.82) is 0 Å². The number of hydrogen-bond acceptors (Lipinski definition) is 4. The Bertz CT molecular complexity index is 448. The van der Waals surface area contributed by atoms with Crippen molar-refractivity contribution in [3.8, 4) is 0 Å². The van der Waals surface area contributed by atoms with E-state index in [4.69, 9.17) is 16.3 Å². The first-order valence-electron chi connectivity index (χ1n) is 6.46. The third-order valence-electron chi connectivity index (χ3n) is 2.99. The second-order valence-electron chi connectivity index (χ2n) is 4.53. The summed E-state index contributed by atoms with van der Waals surface area (Å²) in [7, 11) is 0. The van der Waals surface area contributed by atoms with E-state index >= 15 is 0 Å². The lowest BCUT2D eigenvalue weighted by molar-refractivity contribution is 0.0945. The van der Waals surface area contributed by atoms with Gasteiger partial charge in [0.05, 0.1) is 6.61 Å². The summed E-state index contributed by atoms with van der Waals surface area (Å²) in [5, 5.41) is 6.26. The summed E-state index contributed by atoms with van der Waals surface area (Å²) >= 11 is 5.91. The number of pyridine rings is 1. The SMILES string of the molecule is CCNc1cc(C(=O)NCC2CCOC2)cc(Cl)n1. The smallest absolute Gasteiger partial charge is 0.251 e. The second-order valence-corrected chi connectivity index (χ2v) is 4.92. The van der Waals surface area contributed by atoms with Gasteiger partial charge in [-0.05, 0) is 25.5 Å². The molecule has 0 saturated carbocycles. The van der Waals surface area contributed by atoms with E-state index in [9.17, 15) is 4.79 Å². The fourth-order valence-corrected chi connectivity index (χ4v) is 2.19. The summed E-state index contributed by atoms with van der Waals surface area (Å²) in [4.78, 5) is 16.1. The molecule has 2 heterocycles. The van der Waals surface area contributed by atoms with Crippen LogP contribution >= 0.6 is 11.6 Å². The molecule has 1 aromatic heterocycles. The minimum absolute atomic E-state index is 0.129. The number of carbonyl (C=O) groups is 1. The van der Waals surface area contributed by atoms with Crippen LogP contribution in [0.15, 0.2) is 12.1 Å². The first-order valence-corrected chi connectivity index (χ1v) is 6.84. The number of nitrogens with one attached hydrogen (secondary N) is 2. The van der Waals surface area contributed by atoms with Crippen molar-refractivity contribution in [1.82, 2.24) is 10.3 Å². The molecule has 1 amide bonds. The number of amides is 1. The van der Waals surface area contributed by atoms with Crippen LogP contribution in [0.25, 0.3) is 0 Å². The number of anilines is 1. The molecular formula is C13H18ClN3O2. The number of rotatable bonds is 5. The van der Waals surface area contributed by atoms with Crippen molar-refractivity contribution in [2.24, 2.45) is 5.92 Å². The van der Waals surface area contributed by atoms with Crippen LogP contribution in [0.1, 0.15) is 23.7 Å². The van der Waals surface area contributed by atoms with E-state index in [0.29, 0.717) is 29.0 Å². The second kappa shape index (κ2) is 6.73. The molecule has 1 aromatic rings. The van der Waals surface area contributed by atoms with Crippen LogP contribution in [0.5, 0.6) is 0 Å². The van der Waals surface area contributed by atoms with Crippen molar-refractivity contribution in [2.75, 3.05) is 31.6 Å². The molecule has 0 bridgehead atoms. The Morgan fingerprint density at radius 1 is 1.58 bits per heavy atom. The fraction of sp³-hybridized carbons (Fsp3) is 0.538. The number of aromatic nitrogens is 1. The molecule has 2 rings (SSSR count). The van der Waals surface area contributed by atoms with Gasteiger partial charge in [0, 0.05) is 31.2 Å². The van der Waals surface area contributed by atoms with E-state index in [2.05, 4.69) is 15.6 Å². The highest BCUT2D eigenvalue weighted by Crippen LogP contribution is 2.15. The third-order valence-corrected chi connectivity index (χ3v) is 3.18. The van der Waals surface area contributed by atoms with E-state index in [0.717, 1.165) is 26.2 Å². The molecule has 0 aromatic carbocycles. The van der Waals surface area contributed by atoms with Crippen LogP contribution in [0.3, 0.4) is 0 Å². The molecule has 1 unspecified atom stereocenters. The zero-order valence-corrected chi connectivity index (χ0v) is 11.7. The lowest BCUT2D eigenvalue weighted by atomic mass is 10.1. The number of ether oxygens (including phenoxy) is 1. The zero-order chi connectivity index (χ0) is 13.7. The van der Waals surface area contributed by atoms with Gasteiger partial charge >= 0.3 is 0 Å². The fourth-order valence-electron chi connectivity index (χ4n) is 1.98.